The van der Waals surface area contributed by atoms with Crippen LogP contribution in [0.25, 0.3) is 0 Å². The minimum atomic E-state index is -0.0600. The molecule has 0 atom stereocenters. The van der Waals surface area contributed by atoms with E-state index in [0.29, 0.717) is 11.2 Å². The highest BCUT2D eigenvalue weighted by atomic mass is 16.1. The fourth-order valence-electron chi connectivity index (χ4n) is 2.93. The zero-order valence-corrected chi connectivity index (χ0v) is 9.60. The lowest BCUT2D eigenvalue weighted by Crippen LogP contribution is -2.50. The number of rotatable bonds is 0. The van der Waals surface area contributed by atoms with Gasteiger partial charge in [-0.2, -0.15) is 0 Å². The first-order valence-corrected chi connectivity index (χ1v) is 5.71. The first-order valence-electron chi connectivity index (χ1n) is 5.71. The van der Waals surface area contributed by atoms with Gasteiger partial charge in [-0.1, -0.05) is 13.8 Å². The molecule has 2 fully saturated rings. The lowest BCUT2D eigenvalue weighted by Gasteiger charge is -2.44. The van der Waals surface area contributed by atoms with Crippen molar-refractivity contribution in [1.29, 1.82) is 0 Å². The number of nitrogens with zero attached hydrogens (tertiary/aromatic N) is 1. The van der Waals surface area contributed by atoms with E-state index in [9.17, 15) is 4.79 Å². The molecule has 1 aliphatic carbocycles. The van der Waals surface area contributed by atoms with Crippen molar-refractivity contribution in [3.63, 3.8) is 0 Å². The second-order valence-corrected chi connectivity index (χ2v) is 5.79. The lowest BCUT2D eigenvalue weighted by atomic mass is 9.68. The highest BCUT2D eigenvalue weighted by Crippen LogP contribution is 2.45. The van der Waals surface area contributed by atoms with Crippen molar-refractivity contribution in [2.45, 2.75) is 51.5 Å². The Balaban J connectivity index is 2.15. The highest BCUT2D eigenvalue weighted by Gasteiger charge is 2.49. The van der Waals surface area contributed by atoms with E-state index in [4.69, 9.17) is 0 Å². The molecule has 0 aromatic heterocycles. The van der Waals surface area contributed by atoms with E-state index in [-0.39, 0.29) is 5.54 Å². The van der Waals surface area contributed by atoms with Crippen molar-refractivity contribution in [1.82, 2.24) is 4.90 Å². The zero-order valence-electron chi connectivity index (χ0n) is 9.60. The summed E-state index contributed by atoms with van der Waals surface area (Å²) in [5, 5.41) is 0. The van der Waals surface area contributed by atoms with E-state index < -0.39 is 0 Å². The normalized spacial score (nSPS) is 31.2. The Bertz CT molecular complexity index is 247. The van der Waals surface area contributed by atoms with Crippen molar-refractivity contribution < 1.29 is 4.79 Å². The van der Waals surface area contributed by atoms with Crippen LogP contribution >= 0.6 is 0 Å². The average molecular weight is 195 g/mol. The van der Waals surface area contributed by atoms with Crippen molar-refractivity contribution in [3.05, 3.63) is 0 Å². The number of carbonyl (C=O) groups is 1. The Kier molecular flexibility index (Phi) is 2.22. The van der Waals surface area contributed by atoms with Crippen LogP contribution in [0.5, 0.6) is 0 Å². The SMILES string of the molecule is CN1CCC(=O)C12CCC(C)(C)CC2. The number of Topliss-reactive ketones (excluding diaryl/α,β-unsaturated/α-hetero) is 1. The quantitative estimate of drug-likeness (QED) is 0.591. The van der Waals surface area contributed by atoms with Crippen LogP contribution in [0.15, 0.2) is 0 Å². The van der Waals surface area contributed by atoms with Crippen LogP contribution in [-0.4, -0.2) is 29.8 Å². The third-order valence-corrected chi connectivity index (χ3v) is 4.35. The van der Waals surface area contributed by atoms with Gasteiger partial charge in [-0.3, -0.25) is 9.69 Å². The maximum atomic E-state index is 11.9. The summed E-state index contributed by atoms with van der Waals surface area (Å²) in [5.74, 6) is 0.496. The molecule has 0 N–H and O–H groups in total. The van der Waals surface area contributed by atoms with Gasteiger partial charge in [0.1, 0.15) is 0 Å². The molecule has 2 nitrogen and oxygen atoms in total. The monoisotopic (exact) mass is 195 g/mol. The van der Waals surface area contributed by atoms with Crippen molar-refractivity contribution in [2.24, 2.45) is 5.41 Å². The van der Waals surface area contributed by atoms with Crippen LogP contribution < -0.4 is 0 Å². The topological polar surface area (TPSA) is 20.3 Å². The fourth-order valence-corrected chi connectivity index (χ4v) is 2.93. The molecule has 80 valence electrons. The molecule has 1 aliphatic heterocycles. The van der Waals surface area contributed by atoms with Gasteiger partial charge in [-0.05, 0) is 38.1 Å². The third-order valence-electron chi connectivity index (χ3n) is 4.35. The molecule has 1 saturated heterocycles. The molecule has 0 aromatic carbocycles. The maximum absolute atomic E-state index is 11.9. The van der Waals surface area contributed by atoms with E-state index >= 15 is 0 Å². The van der Waals surface area contributed by atoms with Gasteiger partial charge in [0.2, 0.25) is 0 Å². The standard InChI is InChI=1S/C12H21NO/c1-11(2)5-7-12(8-6-11)10(14)4-9-13(12)3/h4-9H2,1-3H3. The largest absolute Gasteiger partial charge is 0.298 e. The van der Waals surface area contributed by atoms with Gasteiger partial charge in [0.15, 0.2) is 5.78 Å². The van der Waals surface area contributed by atoms with Gasteiger partial charge < -0.3 is 0 Å². The van der Waals surface area contributed by atoms with Gasteiger partial charge in [0, 0.05) is 13.0 Å². The van der Waals surface area contributed by atoms with Gasteiger partial charge in [0.25, 0.3) is 0 Å². The lowest BCUT2D eigenvalue weighted by molar-refractivity contribution is -0.127. The molecule has 2 rings (SSSR count). The summed E-state index contributed by atoms with van der Waals surface area (Å²) >= 11 is 0. The molecule has 2 heteroatoms. The van der Waals surface area contributed by atoms with E-state index in [2.05, 4.69) is 25.8 Å². The Hall–Kier alpha value is -0.370. The molecule has 1 saturated carbocycles. The molecule has 0 bridgehead atoms. The number of likely N-dealkylation sites (tertiary alicyclic amines) is 1. The molecule has 0 amide bonds. The number of hydrogen-bond donors (Lipinski definition) is 0. The summed E-state index contributed by atoms with van der Waals surface area (Å²) in [6.45, 7) is 5.61. The summed E-state index contributed by atoms with van der Waals surface area (Å²) in [6, 6.07) is 0. The molecule has 0 unspecified atom stereocenters. The van der Waals surface area contributed by atoms with Crippen LogP contribution in [0.3, 0.4) is 0 Å². The van der Waals surface area contributed by atoms with Gasteiger partial charge in [-0.25, -0.2) is 0 Å². The van der Waals surface area contributed by atoms with Crippen molar-refractivity contribution in [3.8, 4) is 0 Å². The molecular formula is C12H21NO. The summed E-state index contributed by atoms with van der Waals surface area (Å²) in [6.07, 6.45) is 5.33. The first-order chi connectivity index (χ1) is 6.46. The van der Waals surface area contributed by atoms with Gasteiger partial charge in [0.05, 0.1) is 5.54 Å². The number of carbonyl (C=O) groups excluding carboxylic acids is 1. The molecular weight excluding hydrogens is 174 g/mol. The molecule has 14 heavy (non-hydrogen) atoms. The van der Waals surface area contributed by atoms with E-state index in [0.717, 1.165) is 25.8 Å². The Morgan fingerprint density at radius 2 is 1.71 bits per heavy atom. The maximum Gasteiger partial charge on any atom is 0.154 e. The summed E-state index contributed by atoms with van der Waals surface area (Å²) in [7, 11) is 2.11. The van der Waals surface area contributed by atoms with Crippen LogP contribution in [-0.2, 0) is 4.79 Å². The van der Waals surface area contributed by atoms with Crippen molar-refractivity contribution in [2.75, 3.05) is 13.6 Å². The van der Waals surface area contributed by atoms with Crippen LogP contribution in [0, 0.1) is 5.41 Å². The summed E-state index contributed by atoms with van der Waals surface area (Å²) in [5.41, 5.74) is 0.393. The number of ketones is 1. The second-order valence-electron chi connectivity index (χ2n) is 5.79. The number of likely N-dealkylation sites (N-methyl/N-ethyl adjacent to an activating group) is 1. The first kappa shape index (κ1) is 10.2. The fraction of sp³-hybridized carbons (Fsp3) is 0.917. The Morgan fingerprint density at radius 1 is 1.14 bits per heavy atom. The van der Waals surface area contributed by atoms with Crippen LogP contribution in [0.4, 0.5) is 0 Å². The van der Waals surface area contributed by atoms with E-state index in [1.54, 1.807) is 0 Å². The van der Waals surface area contributed by atoms with Crippen LogP contribution in [0.1, 0.15) is 46.0 Å². The Labute approximate surface area is 86.7 Å². The Morgan fingerprint density at radius 3 is 2.14 bits per heavy atom. The molecule has 0 aromatic rings. The molecule has 0 radical (unpaired) electrons. The summed E-state index contributed by atoms with van der Waals surface area (Å²) in [4.78, 5) is 14.2. The average Bonchev–Trinajstić information content (AvgIpc) is 2.39. The zero-order chi connectivity index (χ0) is 10.4. The third kappa shape index (κ3) is 1.40. The van der Waals surface area contributed by atoms with E-state index in [1.165, 1.54) is 12.8 Å². The summed E-state index contributed by atoms with van der Waals surface area (Å²) < 4.78 is 0. The van der Waals surface area contributed by atoms with Crippen LogP contribution in [0.2, 0.25) is 0 Å². The van der Waals surface area contributed by atoms with Gasteiger partial charge >= 0.3 is 0 Å². The number of hydrogen-bond acceptors (Lipinski definition) is 2. The van der Waals surface area contributed by atoms with Gasteiger partial charge in [-0.15, -0.1) is 0 Å². The minimum Gasteiger partial charge on any atom is -0.298 e. The van der Waals surface area contributed by atoms with E-state index in [1.807, 2.05) is 0 Å². The molecule has 1 heterocycles. The highest BCUT2D eigenvalue weighted by molar-refractivity contribution is 5.90. The second kappa shape index (κ2) is 3.06. The smallest absolute Gasteiger partial charge is 0.154 e. The molecule has 1 spiro atoms. The minimum absolute atomic E-state index is 0.0600. The van der Waals surface area contributed by atoms with Crippen molar-refractivity contribution >= 4 is 5.78 Å². The molecule has 2 aliphatic rings. The predicted octanol–water partition coefficient (Wildman–Crippen LogP) is 2.23. The predicted molar refractivity (Wildman–Crippen MR) is 57.2 cm³/mol.